The van der Waals surface area contributed by atoms with Crippen LogP contribution in [-0.4, -0.2) is 94.4 Å². The molecule has 6 heterocycles. The third-order valence-corrected chi connectivity index (χ3v) is 9.86. The number of pyridine rings is 1. The molecule has 3 fully saturated rings. The number of piperidine rings is 1. The van der Waals surface area contributed by atoms with E-state index in [1.165, 1.54) is 16.2 Å². The van der Waals surface area contributed by atoms with Gasteiger partial charge < -0.3 is 30.1 Å². The molecule has 2 aliphatic heterocycles. The number of carbonyl (C=O) groups is 2. The molecule has 14 nitrogen and oxygen atoms in total. The summed E-state index contributed by atoms with van der Waals surface area (Å²) in [5.41, 5.74) is 2.92. The number of rotatable bonds is 9. The number of hydrogen-bond donors (Lipinski definition) is 3. The number of carboxylic acid groups (broad SMARTS) is 1. The topological polar surface area (TPSA) is 163 Å². The zero-order valence-electron chi connectivity index (χ0n) is 25.9. The predicted molar refractivity (Wildman–Crippen MR) is 170 cm³/mol. The molecule has 14 heteroatoms. The van der Waals surface area contributed by atoms with Crippen molar-refractivity contribution in [1.82, 2.24) is 39.2 Å². The lowest BCUT2D eigenvalue weighted by Gasteiger charge is -2.39. The molecule has 0 bridgehead atoms. The second-order valence-electron chi connectivity index (χ2n) is 13.0. The molecule has 4 aromatic heterocycles. The van der Waals surface area contributed by atoms with Crippen molar-refractivity contribution in [3.05, 3.63) is 83.8 Å². The maximum atomic E-state index is 13.1. The fraction of sp³-hybridized carbons (Fsp3) is 0.394. The molecule has 47 heavy (non-hydrogen) atoms. The summed E-state index contributed by atoms with van der Waals surface area (Å²) in [5.74, 6) is 0.471. The van der Waals surface area contributed by atoms with Gasteiger partial charge in [0, 0.05) is 37.4 Å². The Labute approximate surface area is 269 Å². The normalized spacial score (nSPS) is 19.0. The van der Waals surface area contributed by atoms with Gasteiger partial charge >= 0.3 is 12.0 Å². The van der Waals surface area contributed by atoms with Crippen molar-refractivity contribution in [3.63, 3.8) is 0 Å². The van der Waals surface area contributed by atoms with E-state index in [1.807, 2.05) is 19.1 Å². The quantitative estimate of drug-likeness (QED) is 0.219. The average molecular weight is 638 g/mol. The number of aryl methyl sites for hydroxylation is 1. The van der Waals surface area contributed by atoms with Crippen molar-refractivity contribution >= 4 is 29.1 Å². The summed E-state index contributed by atoms with van der Waals surface area (Å²) in [7, 11) is 0. The number of urea groups is 1. The highest BCUT2D eigenvalue weighted by atomic mass is 16.5. The van der Waals surface area contributed by atoms with Crippen LogP contribution < -0.4 is 15.0 Å². The van der Waals surface area contributed by atoms with E-state index in [9.17, 15) is 19.8 Å². The summed E-state index contributed by atoms with van der Waals surface area (Å²) in [5, 5.41) is 28.4. The Balaban J connectivity index is 0.915. The fourth-order valence-electron chi connectivity index (χ4n) is 6.97. The van der Waals surface area contributed by atoms with E-state index in [0.717, 1.165) is 18.4 Å². The number of nitrogens with zero attached hydrogens (tertiary/aromatic N) is 8. The summed E-state index contributed by atoms with van der Waals surface area (Å²) in [6.45, 7) is 4.22. The molecular formula is C33H35N9O5. The van der Waals surface area contributed by atoms with Crippen molar-refractivity contribution in [1.29, 1.82) is 0 Å². The van der Waals surface area contributed by atoms with Gasteiger partial charge in [-0.1, -0.05) is 30.3 Å². The highest BCUT2D eigenvalue weighted by Gasteiger charge is 2.46. The van der Waals surface area contributed by atoms with Gasteiger partial charge in [0.25, 0.3) is 0 Å². The summed E-state index contributed by atoms with van der Waals surface area (Å²) >= 11 is 0. The minimum Gasteiger partial charge on any atom is -0.491 e. The number of aromatic nitrogens is 6. The number of ether oxygens (including phenoxy) is 1. The molecule has 5 aromatic rings. The number of fused-ring (bicyclic) bond motifs is 2. The van der Waals surface area contributed by atoms with Crippen LogP contribution in [0.2, 0.25) is 0 Å². The first-order valence-electron chi connectivity index (χ1n) is 15.8. The maximum Gasteiger partial charge on any atom is 0.354 e. The Bertz CT molecular complexity index is 2000. The molecule has 1 saturated carbocycles. The van der Waals surface area contributed by atoms with Crippen LogP contribution in [0, 0.1) is 6.92 Å². The third-order valence-electron chi connectivity index (χ3n) is 9.86. The van der Waals surface area contributed by atoms with Gasteiger partial charge in [-0.3, -0.25) is 4.40 Å². The van der Waals surface area contributed by atoms with Crippen molar-refractivity contribution in [2.45, 2.75) is 49.7 Å². The largest absolute Gasteiger partial charge is 0.491 e. The fourth-order valence-corrected chi connectivity index (χ4v) is 6.97. The summed E-state index contributed by atoms with van der Waals surface area (Å²) in [6.07, 6.45) is 8.72. The van der Waals surface area contributed by atoms with Crippen molar-refractivity contribution in [3.8, 4) is 5.75 Å². The summed E-state index contributed by atoms with van der Waals surface area (Å²) in [6, 6.07) is 12.2. The molecule has 242 valence electrons. The second kappa shape index (κ2) is 10.9. The molecule has 1 atom stereocenters. The second-order valence-corrected chi connectivity index (χ2v) is 13.0. The van der Waals surface area contributed by atoms with Gasteiger partial charge in [-0.25, -0.2) is 29.1 Å². The van der Waals surface area contributed by atoms with E-state index in [0.29, 0.717) is 61.9 Å². The zero-order valence-corrected chi connectivity index (χ0v) is 25.9. The van der Waals surface area contributed by atoms with Gasteiger partial charge in [0.1, 0.15) is 11.9 Å². The first-order chi connectivity index (χ1) is 22.7. The summed E-state index contributed by atoms with van der Waals surface area (Å²) < 4.78 is 9.41. The average Bonchev–Trinajstić information content (AvgIpc) is 3.35. The number of imidazole rings is 1. The van der Waals surface area contributed by atoms with Gasteiger partial charge in [-0.15, -0.1) is 5.10 Å². The molecule has 1 spiro atoms. The first kappa shape index (κ1) is 29.2. The minimum atomic E-state index is -1.07. The molecule has 2 saturated heterocycles. The highest BCUT2D eigenvalue weighted by molar-refractivity contribution is 5.87. The number of aliphatic hydroxyl groups is 1. The van der Waals surface area contributed by atoms with Crippen LogP contribution in [0.1, 0.15) is 59.2 Å². The van der Waals surface area contributed by atoms with Crippen LogP contribution in [0.5, 0.6) is 5.75 Å². The molecule has 3 aliphatic rings. The van der Waals surface area contributed by atoms with Gasteiger partial charge in [-0.05, 0) is 49.8 Å². The molecule has 0 radical (unpaired) electrons. The monoisotopic (exact) mass is 637 g/mol. The van der Waals surface area contributed by atoms with Crippen molar-refractivity contribution < 1.29 is 24.5 Å². The van der Waals surface area contributed by atoms with Crippen LogP contribution in [-0.2, 0) is 5.41 Å². The molecule has 3 N–H and O–H groups in total. The van der Waals surface area contributed by atoms with E-state index in [4.69, 9.17) is 4.74 Å². The zero-order chi connectivity index (χ0) is 32.3. The number of aromatic carboxylic acids is 1. The Morgan fingerprint density at radius 3 is 2.64 bits per heavy atom. The lowest BCUT2D eigenvalue weighted by Crippen LogP contribution is -2.52. The van der Waals surface area contributed by atoms with Crippen LogP contribution in [0.4, 0.5) is 10.6 Å². The Morgan fingerprint density at radius 1 is 1.11 bits per heavy atom. The molecule has 1 aromatic carbocycles. The lowest BCUT2D eigenvalue weighted by atomic mass is 9.88. The number of carbonyl (C=O) groups excluding carboxylic acids is 1. The summed E-state index contributed by atoms with van der Waals surface area (Å²) in [4.78, 5) is 41.7. The number of β-amino-alcohol motifs (C(OH)–C–C–N with tert-alkyl or cyclic N) is 1. The molecular weight excluding hydrogens is 602 g/mol. The maximum absolute atomic E-state index is 13.1. The predicted octanol–water partition coefficient (Wildman–Crippen LogP) is 2.99. The van der Waals surface area contributed by atoms with E-state index < -0.39 is 17.6 Å². The number of nitrogens with one attached hydrogen (secondary N) is 1. The standard InChI is InChI=1S/C33H35N9O5/c1-21-15-23(47-20-32(7-8-32)22-5-3-2-4-6-22)17-42-27(21)36-26(38-42)25(43)18-40-19-33(37-31(40)46)9-12-39(13-10-33)28-29-34-11-14-41(29)24(16-35-28)30(44)45/h2-6,11,14-17,25,43H,7-10,12-13,18-20H2,1H3,(H,37,46)(H,44,45). The Morgan fingerprint density at radius 2 is 1.89 bits per heavy atom. The number of benzene rings is 1. The van der Waals surface area contributed by atoms with Gasteiger partial charge in [0.15, 0.2) is 28.6 Å². The minimum absolute atomic E-state index is 0.0429. The lowest BCUT2D eigenvalue weighted by molar-refractivity contribution is 0.0688. The molecule has 1 aliphatic carbocycles. The van der Waals surface area contributed by atoms with Gasteiger partial charge in [0.05, 0.1) is 31.1 Å². The molecule has 1 unspecified atom stereocenters. The molecule has 8 rings (SSSR count). The number of amides is 2. The number of aliphatic hydroxyl groups excluding tert-OH is 1. The van der Waals surface area contributed by atoms with E-state index in [1.54, 1.807) is 28.0 Å². The van der Waals surface area contributed by atoms with Crippen LogP contribution in [0.3, 0.4) is 0 Å². The van der Waals surface area contributed by atoms with Crippen LogP contribution >= 0.6 is 0 Å². The SMILES string of the molecule is Cc1cc(OCC2(c3ccccc3)CC2)cn2nc(C(O)CN3CC4(CCN(c5ncc(C(=O)O)n6ccnc56)CC4)NC3=O)nc12. The Kier molecular flexibility index (Phi) is 6.79. The Hall–Kier alpha value is -5.24. The van der Waals surface area contributed by atoms with E-state index >= 15 is 0 Å². The van der Waals surface area contributed by atoms with Crippen LogP contribution in [0.15, 0.2) is 61.2 Å². The van der Waals surface area contributed by atoms with E-state index in [2.05, 4.69) is 54.5 Å². The number of carboxylic acids is 1. The smallest absolute Gasteiger partial charge is 0.354 e. The third kappa shape index (κ3) is 5.18. The first-order valence-corrected chi connectivity index (χ1v) is 15.8. The highest BCUT2D eigenvalue weighted by Crippen LogP contribution is 2.48. The van der Waals surface area contributed by atoms with Gasteiger partial charge in [0.2, 0.25) is 0 Å². The van der Waals surface area contributed by atoms with Crippen molar-refractivity contribution in [2.75, 3.05) is 37.7 Å². The van der Waals surface area contributed by atoms with E-state index in [-0.39, 0.29) is 29.5 Å². The van der Waals surface area contributed by atoms with Crippen molar-refractivity contribution in [2.24, 2.45) is 0 Å². The number of anilines is 1. The van der Waals surface area contributed by atoms with Crippen LogP contribution in [0.25, 0.3) is 11.3 Å². The van der Waals surface area contributed by atoms with Gasteiger partial charge in [-0.2, -0.15) is 0 Å². The number of hydrogen-bond acceptors (Lipinski definition) is 9. The molecule has 2 amide bonds.